The lowest BCUT2D eigenvalue weighted by molar-refractivity contribution is 0.556. The highest BCUT2D eigenvalue weighted by atomic mass is 32.2. The molecule has 0 aliphatic carbocycles. The SMILES string of the molecule is O=c1cc(SO)c2ccccc2o1. The molecule has 1 N–H and O–H groups in total. The van der Waals surface area contributed by atoms with Crippen molar-refractivity contribution in [3.05, 3.63) is 40.8 Å². The van der Waals surface area contributed by atoms with E-state index in [2.05, 4.69) is 0 Å². The van der Waals surface area contributed by atoms with E-state index in [1.54, 1.807) is 18.2 Å². The molecule has 0 aliphatic rings. The van der Waals surface area contributed by atoms with Gasteiger partial charge in [-0.1, -0.05) is 18.2 Å². The molecule has 0 bridgehead atoms. The smallest absolute Gasteiger partial charge is 0.337 e. The van der Waals surface area contributed by atoms with E-state index < -0.39 is 5.63 Å². The summed E-state index contributed by atoms with van der Waals surface area (Å²) in [5.41, 5.74) is 0.0433. The van der Waals surface area contributed by atoms with E-state index in [-0.39, 0.29) is 0 Å². The van der Waals surface area contributed by atoms with Gasteiger partial charge in [0.1, 0.15) is 5.58 Å². The minimum Gasteiger partial charge on any atom is -0.423 e. The van der Waals surface area contributed by atoms with Gasteiger partial charge in [-0.15, -0.1) is 0 Å². The van der Waals surface area contributed by atoms with Gasteiger partial charge in [-0.2, -0.15) is 0 Å². The maximum absolute atomic E-state index is 11.0. The molecule has 13 heavy (non-hydrogen) atoms. The maximum atomic E-state index is 11.0. The summed E-state index contributed by atoms with van der Waals surface area (Å²) in [6, 6.07) is 8.35. The summed E-state index contributed by atoms with van der Waals surface area (Å²) >= 11 is 0.552. The first-order valence-corrected chi connectivity index (χ1v) is 4.43. The van der Waals surface area contributed by atoms with Crippen LogP contribution >= 0.6 is 12.0 Å². The monoisotopic (exact) mass is 194 g/mol. The van der Waals surface area contributed by atoms with Crippen LogP contribution in [-0.2, 0) is 0 Å². The molecule has 1 heterocycles. The van der Waals surface area contributed by atoms with Gasteiger partial charge in [0.2, 0.25) is 0 Å². The van der Waals surface area contributed by atoms with Crippen molar-refractivity contribution in [3.8, 4) is 0 Å². The minimum absolute atomic E-state index is 0.449. The molecule has 0 radical (unpaired) electrons. The highest BCUT2D eigenvalue weighted by Gasteiger charge is 2.03. The third kappa shape index (κ3) is 1.46. The second-order valence-corrected chi connectivity index (χ2v) is 3.14. The van der Waals surface area contributed by atoms with Crippen LogP contribution in [0.25, 0.3) is 11.0 Å². The predicted molar refractivity (Wildman–Crippen MR) is 51.0 cm³/mol. The first-order valence-electron chi connectivity index (χ1n) is 3.65. The summed E-state index contributed by atoms with van der Waals surface area (Å²) in [5, 5.41) is 0.745. The Morgan fingerprint density at radius 1 is 1.31 bits per heavy atom. The minimum atomic E-state index is -0.449. The Morgan fingerprint density at radius 3 is 2.85 bits per heavy atom. The summed E-state index contributed by atoms with van der Waals surface area (Å²) in [6.07, 6.45) is 0. The molecule has 0 spiro atoms. The van der Waals surface area contributed by atoms with Gasteiger partial charge in [0.05, 0.1) is 4.90 Å². The molecule has 66 valence electrons. The third-order valence-corrected chi connectivity index (χ3v) is 2.24. The van der Waals surface area contributed by atoms with Gasteiger partial charge in [-0.25, -0.2) is 4.79 Å². The lowest BCUT2D eigenvalue weighted by Crippen LogP contribution is -1.96. The second kappa shape index (κ2) is 3.24. The van der Waals surface area contributed by atoms with Gasteiger partial charge in [-0.05, 0) is 6.07 Å². The van der Waals surface area contributed by atoms with Crippen molar-refractivity contribution in [2.24, 2.45) is 0 Å². The Balaban J connectivity index is 2.89. The molecule has 0 fully saturated rings. The van der Waals surface area contributed by atoms with Crippen molar-refractivity contribution in [2.45, 2.75) is 4.90 Å². The Bertz CT molecular complexity index is 489. The molecule has 2 aromatic rings. The van der Waals surface area contributed by atoms with E-state index in [9.17, 15) is 4.79 Å². The van der Waals surface area contributed by atoms with Crippen LogP contribution in [0.2, 0.25) is 0 Å². The van der Waals surface area contributed by atoms with Crippen molar-refractivity contribution in [1.29, 1.82) is 0 Å². The van der Waals surface area contributed by atoms with E-state index in [4.69, 9.17) is 8.97 Å². The molecule has 2 rings (SSSR count). The van der Waals surface area contributed by atoms with Crippen LogP contribution in [0.1, 0.15) is 0 Å². The number of fused-ring (bicyclic) bond motifs is 1. The lowest BCUT2D eigenvalue weighted by Gasteiger charge is -1.98. The van der Waals surface area contributed by atoms with Crippen LogP contribution in [0.5, 0.6) is 0 Å². The summed E-state index contributed by atoms with van der Waals surface area (Å²) in [6.45, 7) is 0. The van der Waals surface area contributed by atoms with Crippen LogP contribution in [-0.4, -0.2) is 4.55 Å². The number of hydrogen-bond donors (Lipinski definition) is 1. The molecule has 4 heteroatoms. The Labute approximate surface area is 78.2 Å². The highest BCUT2D eigenvalue weighted by Crippen LogP contribution is 2.23. The van der Waals surface area contributed by atoms with Crippen molar-refractivity contribution >= 4 is 23.0 Å². The largest absolute Gasteiger partial charge is 0.423 e. The second-order valence-electron chi connectivity index (χ2n) is 2.52. The summed E-state index contributed by atoms with van der Waals surface area (Å²) < 4.78 is 13.8. The van der Waals surface area contributed by atoms with Crippen LogP contribution in [0.15, 0.2) is 44.4 Å². The van der Waals surface area contributed by atoms with Gasteiger partial charge in [-0.3, -0.25) is 0 Å². The normalized spacial score (nSPS) is 10.5. The van der Waals surface area contributed by atoms with E-state index in [0.29, 0.717) is 22.5 Å². The number of para-hydroxylation sites is 1. The lowest BCUT2D eigenvalue weighted by atomic mass is 10.2. The fraction of sp³-hybridized carbons (Fsp3) is 0. The topological polar surface area (TPSA) is 50.4 Å². The fourth-order valence-electron chi connectivity index (χ4n) is 1.16. The average Bonchev–Trinajstić information content (AvgIpc) is 2.16. The molecule has 1 aromatic carbocycles. The van der Waals surface area contributed by atoms with Gasteiger partial charge < -0.3 is 8.97 Å². The first-order chi connectivity index (χ1) is 6.31. The highest BCUT2D eigenvalue weighted by molar-refractivity contribution is 7.94. The standard InChI is InChI=1S/C9H6O3S/c10-9-5-8(13-11)6-3-1-2-4-7(6)12-9/h1-5,11H. The Hall–Kier alpha value is -1.26. The number of hydrogen-bond acceptors (Lipinski definition) is 4. The number of rotatable bonds is 1. The summed E-state index contributed by atoms with van der Waals surface area (Å²) in [5.74, 6) is 0. The quantitative estimate of drug-likeness (QED) is 0.559. The zero-order valence-corrected chi connectivity index (χ0v) is 7.38. The van der Waals surface area contributed by atoms with E-state index in [1.807, 2.05) is 6.07 Å². The molecule has 0 aliphatic heterocycles. The molecule has 0 saturated carbocycles. The van der Waals surface area contributed by atoms with Crippen molar-refractivity contribution < 1.29 is 8.97 Å². The predicted octanol–water partition coefficient (Wildman–Crippen LogP) is 2.36. The Morgan fingerprint density at radius 2 is 2.08 bits per heavy atom. The molecular weight excluding hydrogens is 188 g/mol. The third-order valence-electron chi connectivity index (χ3n) is 1.71. The molecule has 0 saturated heterocycles. The Kier molecular flexibility index (Phi) is 2.08. The van der Waals surface area contributed by atoms with Crippen LogP contribution in [0, 0.1) is 0 Å². The van der Waals surface area contributed by atoms with Gasteiger partial charge in [0.15, 0.2) is 0 Å². The molecule has 0 amide bonds. The van der Waals surface area contributed by atoms with Crippen molar-refractivity contribution in [2.75, 3.05) is 0 Å². The molecule has 0 atom stereocenters. The molecule has 1 aromatic heterocycles. The zero-order valence-electron chi connectivity index (χ0n) is 6.56. The van der Waals surface area contributed by atoms with Crippen LogP contribution < -0.4 is 5.63 Å². The first kappa shape index (κ1) is 8.34. The van der Waals surface area contributed by atoms with Crippen LogP contribution in [0.4, 0.5) is 0 Å². The molecule has 3 nitrogen and oxygen atoms in total. The van der Waals surface area contributed by atoms with Gasteiger partial charge in [0.25, 0.3) is 0 Å². The van der Waals surface area contributed by atoms with E-state index >= 15 is 0 Å². The van der Waals surface area contributed by atoms with Crippen LogP contribution in [0.3, 0.4) is 0 Å². The van der Waals surface area contributed by atoms with Gasteiger partial charge in [0, 0.05) is 23.5 Å². The zero-order chi connectivity index (χ0) is 9.26. The summed E-state index contributed by atoms with van der Waals surface area (Å²) in [4.78, 5) is 11.5. The number of benzene rings is 1. The maximum Gasteiger partial charge on any atom is 0.337 e. The van der Waals surface area contributed by atoms with Crippen molar-refractivity contribution in [1.82, 2.24) is 0 Å². The van der Waals surface area contributed by atoms with Crippen molar-refractivity contribution in [3.63, 3.8) is 0 Å². The fourth-order valence-corrected chi connectivity index (χ4v) is 1.57. The average molecular weight is 194 g/mol. The molecular formula is C9H6O3S. The van der Waals surface area contributed by atoms with E-state index in [0.717, 1.165) is 5.39 Å². The van der Waals surface area contributed by atoms with Gasteiger partial charge >= 0.3 is 5.63 Å². The molecule has 0 unspecified atom stereocenters. The summed E-state index contributed by atoms with van der Waals surface area (Å²) in [7, 11) is 0. The van der Waals surface area contributed by atoms with E-state index in [1.165, 1.54) is 6.07 Å².